The minimum absolute atomic E-state index is 0.850. The van der Waals surface area contributed by atoms with Gasteiger partial charge in [0, 0.05) is 17.6 Å². The maximum atomic E-state index is 5.13. The van der Waals surface area contributed by atoms with E-state index in [4.69, 9.17) is 15.0 Å². The Bertz CT molecular complexity index is 964. The SMILES string of the molecule is CCCCNc1nc(SC)nc2c1sc1nc(CCCC)c3c(c12)CCC3. The number of pyridine rings is 1. The molecule has 0 unspecified atom stereocenters. The predicted octanol–water partition coefficient (Wildman–Crippen LogP) is 6.00. The standard InChI is InChI=1S/C21H28N4S2/c1-4-6-11-15-13-9-8-10-14(13)16-17-18(27-20(16)23-15)19(22-12-7-5-2)25-21(24-17)26-3/h4-12H2,1-3H3,(H,22,24,25). The Kier molecular flexibility index (Phi) is 5.83. The van der Waals surface area contributed by atoms with E-state index in [0.717, 1.165) is 47.1 Å². The Labute approximate surface area is 169 Å². The highest BCUT2D eigenvalue weighted by Crippen LogP contribution is 2.42. The first-order valence-corrected chi connectivity index (χ1v) is 12.2. The third-order valence-corrected chi connectivity index (χ3v) is 7.00. The van der Waals surface area contributed by atoms with E-state index in [0.29, 0.717) is 0 Å². The van der Waals surface area contributed by atoms with E-state index in [1.54, 1.807) is 23.1 Å². The van der Waals surface area contributed by atoms with Gasteiger partial charge in [0.25, 0.3) is 0 Å². The fourth-order valence-corrected chi connectivity index (χ4v) is 5.46. The number of unbranched alkanes of at least 4 members (excludes halogenated alkanes) is 2. The average Bonchev–Trinajstić information content (AvgIpc) is 3.30. The fourth-order valence-electron chi connectivity index (χ4n) is 3.97. The Balaban J connectivity index is 1.91. The van der Waals surface area contributed by atoms with Gasteiger partial charge in [-0.25, -0.2) is 15.0 Å². The van der Waals surface area contributed by atoms with Gasteiger partial charge in [-0.2, -0.15) is 0 Å². The average molecular weight is 401 g/mol. The Morgan fingerprint density at radius 1 is 1.04 bits per heavy atom. The Morgan fingerprint density at radius 3 is 2.63 bits per heavy atom. The number of nitrogens with one attached hydrogen (secondary N) is 1. The Hall–Kier alpha value is -1.40. The van der Waals surface area contributed by atoms with Gasteiger partial charge in [-0.15, -0.1) is 11.3 Å². The van der Waals surface area contributed by atoms with Crippen molar-refractivity contribution in [1.82, 2.24) is 15.0 Å². The van der Waals surface area contributed by atoms with Crippen molar-refractivity contribution in [2.45, 2.75) is 70.4 Å². The molecule has 0 radical (unpaired) electrons. The molecule has 4 rings (SSSR count). The molecule has 0 aliphatic heterocycles. The molecule has 27 heavy (non-hydrogen) atoms. The largest absolute Gasteiger partial charge is 0.369 e. The second-order valence-electron chi connectivity index (χ2n) is 7.27. The van der Waals surface area contributed by atoms with Crippen LogP contribution in [0.3, 0.4) is 0 Å². The summed E-state index contributed by atoms with van der Waals surface area (Å²) in [5, 5.41) is 5.71. The zero-order valence-corrected chi connectivity index (χ0v) is 18.2. The van der Waals surface area contributed by atoms with Gasteiger partial charge in [0.15, 0.2) is 5.16 Å². The summed E-state index contributed by atoms with van der Waals surface area (Å²) in [6.45, 7) is 5.43. The highest BCUT2D eigenvalue weighted by Gasteiger charge is 2.24. The number of thiophene rings is 1. The van der Waals surface area contributed by atoms with E-state index in [-0.39, 0.29) is 0 Å². The molecule has 6 heteroatoms. The minimum atomic E-state index is 0.850. The summed E-state index contributed by atoms with van der Waals surface area (Å²) in [5.74, 6) is 0.989. The van der Waals surface area contributed by atoms with Crippen molar-refractivity contribution in [3.63, 3.8) is 0 Å². The van der Waals surface area contributed by atoms with Crippen LogP contribution in [0.15, 0.2) is 5.16 Å². The quantitative estimate of drug-likeness (QED) is 0.285. The molecule has 0 saturated heterocycles. The van der Waals surface area contributed by atoms with E-state index in [9.17, 15) is 0 Å². The third-order valence-electron chi connectivity index (χ3n) is 5.37. The van der Waals surface area contributed by atoms with Crippen LogP contribution in [0.1, 0.15) is 62.8 Å². The molecule has 3 aromatic heterocycles. The van der Waals surface area contributed by atoms with Crippen LogP contribution >= 0.6 is 23.1 Å². The highest BCUT2D eigenvalue weighted by molar-refractivity contribution is 7.98. The summed E-state index contributed by atoms with van der Waals surface area (Å²) in [6.07, 6.45) is 11.5. The topological polar surface area (TPSA) is 50.7 Å². The van der Waals surface area contributed by atoms with Crippen LogP contribution in [0, 0.1) is 0 Å². The van der Waals surface area contributed by atoms with Crippen LogP contribution in [-0.4, -0.2) is 27.8 Å². The van der Waals surface area contributed by atoms with E-state index < -0.39 is 0 Å². The van der Waals surface area contributed by atoms with Crippen molar-refractivity contribution in [2.75, 3.05) is 18.1 Å². The number of fused-ring (bicyclic) bond motifs is 5. The molecule has 0 saturated carbocycles. The van der Waals surface area contributed by atoms with E-state index in [1.165, 1.54) is 59.0 Å². The second-order valence-corrected chi connectivity index (χ2v) is 9.04. The van der Waals surface area contributed by atoms with Crippen LogP contribution in [0.25, 0.3) is 20.4 Å². The maximum absolute atomic E-state index is 5.13. The molecule has 0 amide bonds. The van der Waals surface area contributed by atoms with Gasteiger partial charge >= 0.3 is 0 Å². The molecule has 0 spiro atoms. The second kappa shape index (κ2) is 8.31. The maximum Gasteiger partial charge on any atom is 0.189 e. The first-order chi connectivity index (χ1) is 13.3. The summed E-state index contributed by atoms with van der Waals surface area (Å²) in [6, 6.07) is 0. The van der Waals surface area contributed by atoms with Crippen molar-refractivity contribution >= 4 is 49.3 Å². The van der Waals surface area contributed by atoms with Crippen LogP contribution in [0.5, 0.6) is 0 Å². The summed E-state index contributed by atoms with van der Waals surface area (Å²) in [5.41, 5.74) is 5.48. The van der Waals surface area contributed by atoms with Gasteiger partial charge < -0.3 is 5.32 Å². The Morgan fingerprint density at radius 2 is 1.85 bits per heavy atom. The molecule has 1 aliphatic carbocycles. The zero-order chi connectivity index (χ0) is 18.8. The van der Waals surface area contributed by atoms with Crippen molar-refractivity contribution < 1.29 is 0 Å². The van der Waals surface area contributed by atoms with Gasteiger partial charge in [0.2, 0.25) is 0 Å². The summed E-state index contributed by atoms with van der Waals surface area (Å²) >= 11 is 3.39. The van der Waals surface area contributed by atoms with Crippen LogP contribution in [0.2, 0.25) is 0 Å². The van der Waals surface area contributed by atoms with Crippen molar-refractivity contribution in [1.29, 1.82) is 0 Å². The van der Waals surface area contributed by atoms with Crippen LogP contribution in [-0.2, 0) is 19.3 Å². The van der Waals surface area contributed by atoms with Crippen molar-refractivity contribution in [2.24, 2.45) is 0 Å². The molecular weight excluding hydrogens is 372 g/mol. The smallest absolute Gasteiger partial charge is 0.189 e. The van der Waals surface area contributed by atoms with Crippen LogP contribution < -0.4 is 5.32 Å². The molecule has 1 N–H and O–H groups in total. The van der Waals surface area contributed by atoms with Gasteiger partial charge in [-0.05, 0) is 55.9 Å². The molecule has 1 aliphatic rings. The van der Waals surface area contributed by atoms with Gasteiger partial charge in [-0.1, -0.05) is 38.5 Å². The minimum Gasteiger partial charge on any atom is -0.369 e. The summed E-state index contributed by atoms with van der Waals surface area (Å²) < 4.78 is 1.17. The highest BCUT2D eigenvalue weighted by atomic mass is 32.2. The predicted molar refractivity (Wildman–Crippen MR) is 119 cm³/mol. The molecule has 4 nitrogen and oxygen atoms in total. The lowest BCUT2D eigenvalue weighted by atomic mass is 10.0. The number of aryl methyl sites for hydroxylation is 2. The first kappa shape index (κ1) is 18.9. The van der Waals surface area contributed by atoms with Crippen molar-refractivity contribution in [3.05, 3.63) is 16.8 Å². The zero-order valence-electron chi connectivity index (χ0n) is 16.5. The summed E-state index contributed by atoms with van der Waals surface area (Å²) in [7, 11) is 0. The number of rotatable bonds is 8. The van der Waals surface area contributed by atoms with Gasteiger partial charge in [-0.3, -0.25) is 0 Å². The molecule has 0 fully saturated rings. The number of aromatic nitrogens is 3. The normalized spacial score (nSPS) is 13.6. The monoisotopic (exact) mass is 400 g/mol. The lowest BCUT2D eigenvalue weighted by molar-refractivity contribution is 0.770. The van der Waals surface area contributed by atoms with Gasteiger partial charge in [0.05, 0.1) is 10.2 Å². The number of anilines is 1. The molecule has 0 bridgehead atoms. The lowest BCUT2D eigenvalue weighted by Crippen LogP contribution is -2.04. The lowest BCUT2D eigenvalue weighted by Gasteiger charge is -2.09. The van der Waals surface area contributed by atoms with E-state index >= 15 is 0 Å². The van der Waals surface area contributed by atoms with E-state index in [1.807, 2.05) is 0 Å². The number of hydrogen-bond acceptors (Lipinski definition) is 6. The molecular formula is C21H28N4S2. The van der Waals surface area contributed by atoms with Crippen molar-refractivity contribution in [3.8, 4) is 0 Å². The van der Waals surface area contributed by atoms with Crippen LogP contribution in [0.4, 0.5) is 5.82 Å². The number of nitrogens with zero attached hydrogens (tertiary/aromatic N) is 3. The molecule has 0 aromatic carbocycles. The molecule has 0 atom stereocenters. The van der Waals surface area contributed by atoms with E-state index in [2.05, 4.69) is 25.4 Å². The number of hydrogen-bond donors (Lipinski definition) is 1. The number of thioether (sulfide) groups is 1. The first-order valence-electron chi connectivity index (χ1n) is 10.2. The molecule has 3 aromatic rings. The third kappa shape index (κ3) is 3.54. The fraction of sp³-hybridized carbons (Fsp3) is 0.571. The van der Waals surface area contributed by atoms with Gasteiger partial charge in [0.1, 0.15) is 10.6 Å². The molecule has 3 heterocycles. The molecule has 144 valence electrons. The summed E-state index contributed by atoms with van der Waals surface area (Å²) in [4.78, 5) is 16.0.